The van der Waals surface area contributed by atoms with Crippen LogP contribution in [0.3, 0.4) is 0 Å². The van der Waals surface area contributed by atoms with Crippen molar-refractivity contribution in [3.05, 3.63) is 22.0 Å². The molecule has 9 nitrogen and oxygen atoms in total. The van der Waals surface area contributed by atoms with Gasteiger partial charge in [0.25, 0.3) is 14.4 Å². The Morgan fingerprint density at radius 3 is 2.73 bits per heavy atom. The Labute approximate surface area is 129 Å². The number of imidazole rings is 1. The average Bonchev–Trinajstić information content (AvgIpc) is 3.00. The highest BCUT2D eigenvalue weighted by Gasteiger charge is 2.31. The second kappa shape index (κ2) is 4.88. The molecule has 3 N–H and O–H groups in total. The summed E-state index contributed by atoms with van der Waals surface area (Å²) < 4.78 is 26.0. The predicted octanol–water partition coefficient (Wildman–Crippen LogP) is 0.276. The summed E-state index contributed by atoms with van der Waals surface area (Å²) in [4.78, 5) is 15.0. The number of carboxylic acids is 1. The third-order valence-electron chi connectivity index (χ3n) is 3.17. The van der Waals surface area contributed by atoms with Gasteiger partial charge in [0.2, 0.25) is 5.95 Å². The van der Waals surface area contributed by atoms with E-state index in [1.54, 1.807) is 6.92 Å². The zero-order valence-electron chi connectivity index (χ0n) is 11.3. The number of nitrogen functional groups attached to an aromatic ring is 1. The van der Waals surface area contributed by atoms with E-state index in [1.165, 1.54) is 6.08 Å². The molecule has 116 valence electrons. The van der Waals surface area contributed by atoms with Crippen LogP contribution in [-0.2, 0) is 21.2 Å². The van der Waals surface area contributed by atoms with Gasteiger partial charge >= 0.3 is 5.97 Å². The molecule has 0 radical (unpaired) electrons. The zero-order chi connectivity index (χ0) is 16.1. The van der Waals surface area contributed by atoms with Crippen LogP contribution >= 0.6 is 11.3 Å². The summed E-state index contributed by atoms with van der Waals surface area (Å²) in [6.45, 7) is 1.64. The molecule has 0 spiro atoms. The summed E-state index contributed by atoms with van der Waals surface area (Å²) in [6.07, 6.45) is 1.77. The number of nitrogens with zero attached hydrogens (tertiary/aromatic N) is 4. The van der Waals surface area contributed by atoms with Crippen molar-refractivity contribution in [1.82, 2.24) is 19.2 Å². The first kappa shape index (κ1) is 14.7. The van der Waals surface area contributed by atoms with Crippen LogP contribution in [-0.4, -0.2) is 38.6 Å². The third kappa shape index (κ3) is 2.18. The molecular weight excluding hydrogens is 330 g/mol. The second-order valence-electron chi connectivity index (χ2n) is 4.63. The van der Waals surface area contributed by atoms with Crippen LogP contribution < -0.4 is 5.73 Å². The summed E-state index contributed by atoms with van der Waals surface area (Å²) in [5, 5.41) is 16.9. The van der Waals surface area contributed by atoms with Crippen molar-refractivity contribution in [2.75, 3.05) is 5.73 Å². The number of anilines is 1. The van der Waals surface area contributed by atoms with Gasteiger partial charge in [-0.25, -0.2) is 13.8 Å². The molecule has 0 amide bonds. The minimum absolute atomic E-state index is 0.168. The van der Waals surface area contributed by atoms with Gasteiger partial charge in [-0.1, -0.05) is 11.3 Å². The van der Waals surface area contributed by atoms with Gasteiger partial charge in [-0.2, -0.15) is 8.42 Å². The standard InChI is InChI=1S/C11H11N5O4S2/c1-5-14-15-11(21-5)22(19,20)16-8-3-2-6(9(17)18)4-7(8)13-10(16)12/h4H,2-3H2,1H3,(H2,12,13)(H,17,18). The van der Waals surface area contributed by atoms with Crippen LogP contribution in [0.5, 0.6) is 0 Å². The van der Waals surface area contributed by atoms with E-state index in [1.807, 2.05) is 0 Å². The molecule has 11 heteroatoms. The van der Waals surface area contributed by atoms with Gasteiger partial charge in [0.05, 0.1) is 11.4 Å². The van der Waals surface area contributed by atoms with E-state index in [0.29, 0.717) is 10.7 Å². The second-order valence-corrected chi connectivity index (χ2v) is 7.78. The molecule has 0 bridgehead atoms. The number of hydrogen-bond donors (Lipinski definition) is 2. The minimum atomic E-state index is -3.99. The van der Waals surface area contributed by atoms with E-state index in [4.69, 9.17) is 10.8 Å². The van der Waals surface area contributed by atoms with E-state index in [0.717, 1.165) is 15.3 Å². The highest BCUT2D eigenvalue weighted by atomic mass is 32.2. The normalized spacial score (nSPS) is 14.5. The summed E-state index contributed by atoms with van der Waals surface area (Å²) in [5.74, 6) is -1.28. The van der Waals surface area contributed by atoms with Crippen LogP contribution in [0.1, 0.15) is 22.8 Å². The fourth-order valence-electron chi connectivity index (χ4n) is 2.21. The van der Waals surface area contributed by atoms with Gasteiger partial charge in [-0.15, -0.1) is 10.2 Å². The first-order chi connectivity index (χ1) is 10.3. The lowest BCUT2D eigenvalue weighted by Gasteiger charge is -2.12. The Morgan fingerprint density at radius 1 is 1.41 bits per heavy atom. The van der Waals surface area contributed by atoms with Crippen LogP contribution in [0.4, 0.5) is 5.95 Å². The van der Waals surface area contributed by atoms with E-state index in [9.17, 15) is 13.2 Å². The maximum absolute atomic E-state index is 12.6. The summed E-state index contributed by atoms with van der Waals surface area (Å²) in [6, 6.07) is 0. The first-order valence-corrected chi connectivity index (χ1v) is 8.43. The third-order valence-corrected chi connectivity index (χ3v) is 6.10. The monoisotopic (exact) mass is 341 g/mol. The molecule has 0 aliphatic heterocycles. The van der Waals surface area contributed by atoms with Crippen molar-refractivity contribution in [3.63, 3.8) is 0 Å². The minimum Gasteiger partial charge on any atom is -0.478 e. The molecule has 1 aliphatic rings. The van der Waals surface area contributed by atoms with Crippen molar-refractivity contribution in [3.8, 4) is 0 Å². The first-order valence-electron chi connectivity index (χ1n) is 6.17. The number of rotatable bonds is 3. The highest BCUT2D eigenvalue weighted by Crippen LogP contribution is 2.30. The Balaban J connectivity index is 2.17. The summed E-state index contributed by atoms with van der Waals surface area (Å²) in [5.41, 5.74) is 6.51. The topological polar surface area (TPSA) is 141 Å². The molecule has 2 aromatic heterocycles. The molecule has 3 rings (SSSR count). The van der Waals surface area contributed by atoms with Crippen LogP contribution in [0.15, 0.2) is 9.91 Å². The Morgan fingerprint density at radius 2 is 2.14 bits per heavy atom. The molecule has 1 aliphatic carbocycles. The number of carboxylic acid groups (broad SMARTS) is 1. The Hall–Kier alpha value is -2.27. The predicted molar refractivity (Wildman–Crippen MR) is 77.8 cm³/mol. The van der Waals surface area contributed by atoms with Crippen molar-refractivity contribution >= 4 is 39.4 Å². The number of nitrogens with two attached hydrogens (primary N) is 1. The molecular formula is C11H11N5O4S2. The van der Waals surface area contributed by atoms with Gasteiger partial charge in [-0.05, 0) is 25.8 Å². The van der Waals surface area contributed by atoms with Gasteiger partial charge in [0.15, 0.2) is 0 Å². The summed E-state index contributed by atoms with van der Waals surface area (Å²) >= 11 is 0.934. The van der Waals surface area contributed by atoms with E-state index >= 15 is 0 Å². The molecule has 0 aromatic carbocycles. The van der Waals surface area contributed by atoms with E-state index in [-0.39, 0.29) is 34.4 Å². The number of aryl methyl sites for hydroxylation is 1. The molecule has 0 fully saturated rings. The Bertz CT molecular complexity index is 909. The highest BCUT2D eigenvalue weighted by molar-refractivity contribution is 7.92. The van der Waals surface area contributed by atoms with Crippen molar-refractivity contribution in [2.45, 2.75) is 24.1 Å². The van der Waals surface area contributed by atoms with Gasteiger partial charge in [0.1, 0.15) is 5.01 Å². The number of hydrogen-bond acceptors (Lipinski definition) is 8. The molecule has 0 saturated carbocycles. The fraction of sp³-hybridized carbons (Fsp3) is 0.273. The quantitative estimate of drug-likeness (QED) is 0.810. The van der Waals surface area contributed by atoms with Gasteiger partial charge in [0, 0.05) is 5.57 Å². The summed E-state index contributed by atoms with van der Waals surface area (Å²) in [7, 11) is -3.99. The molecule has 0 atom stereocenters. The molecule has 0 saturated heterocycles. The fourth-order valence-corrected chi connectivity index (χ4v) is 4.69. The molecule has 22 heavy (non-hydrogen) atoms. The van der Waals surface area contributed by atoms with Crippen LogP contribution in [0, 0.1) is 6.92 Å². The number of aliphatic carboxylic acids is 1. The van der Waals surface area contributed by atoms with Gasteiger partial charge < -0.3 is 10.8 Å². The number of aromatic nitrogens is 4. The average molecular weight is 341 g/mol. The SMILES string of the molecule is Cc1nnc(S(=O)(=O)n2c(N)nc3c2CCC(C(=O)O)=C3)s1. The maximum Gasteiger partial charge on any atom is 0.331 e. The number of carbonyl (C=O) groups is 1. The number of fused-ring (bicyclic) bond motifs is 1. The van der Waals surface area contributed by atoms with E-state index < -0.39 is 16.0 Å². The molecule has 2 aromatic rings. The lowest BCUT2D eigenvalue weighted by Crippen LogP contribution is -2.19. The molecule has 2 heterocycles. The van der Waals surface area contributed by atoms with Gasteiger partial charge in [-0.3, -0.25) is 0 Å². The smallest absolute Gasteiger partial charge is 0.331 e. The van der Waals surface area contributed by atoms with E-state index in [2.05, 4.69) is 15.2 Å². The zero-order valence-corrected chi connectivity index (χ0v) is 13.0. The van der Waals surface area contributed by atoms with Crippen LogP contribution in [0.25, 0.3) is 6.08 Å². The van der Waals surface area contributed by atoms with Crippen molar-refractivity contribution in [1.29, 1.82) is 0 Å². The van der Waals surface area contributed by atoms with Crippen LogP contribution in [0.2, 0.25) is 0 Å². The lowest BCUT2D eigenvalue weighted by molar-refractivity contribution is -0.132. The lowest BCUT2D eigenvalue weighted by atomic mass is 10.0. The Kier molecular flexibility index (Phi) is 3.25. The molecule has 0 unspecified atom stereocenters. The maximum atomic E-state index is 12.6. The van der Waals surface area contributed by atoms with Crippen molar-refractivity contribution < 1.29 is 18.3 Å². The van der Waals surface area contributed by atoms with Crippen molar-refractivity contribution in [2.24, 2.45) is 0 Å². The largest absolute Gasteiger partial charge is 0.478 e.